The number of carbonyl (C=O) groups is 3. The normalized spacial score (nSPS) is 18.7. The van der Waals surface area contributed by atoms with Gasteiger partial charge in [0.05, 0.1) is 11.2 Å². The first kappa shape index (κ1) is 23.7. The van der Waals surface area contributed by atoms with Gasteiger partial charge in [-0.15, -0.1) is 0 Å². The molecule has 1 saturated heterocycles. The van der Waals surface area contributed by atoms with Crippen molar-refractivity contribution in [2.24, 2.45) is 0 Å². The summed E-state index contributed by atoms with van der Waals surface area (Å²) in [5, 5.41) is 2.46. The molecule has 176 valence electrons. The minimum atomic E-state index is -1.01. The van der Waals surface area contributed by atoms with Crippen molar-refractivity contribution < 1.29 is 18.8 Å². The van der Waals surface area contributed by atoms with E-state index < -0.39 is 23.7 Å². The molecule has 2 aliphatic rings. The quantitative estimate of drug-likeness (QED) is 0.458. The van der Waals surface area contributed by atoms with Crippen molar-refractivity contribution >= 4 is 52.5 Å². The van der Waals surface area contributed by atoms with E-state index in [9.17, 15) is 18.8 Å². The van der Waals surface area contributed by atoms with Gasteiger partial charge in [-0.1, -0.05) is 36.7 Å². The number of halogens is 2. The molecule has 0 saturated carbocycles. The number of hydrogen-bond acceptors (Lipinski definition) is 4. The van der Waals surface area contributed by atoms with Gasteiger partial charge in [-0.05, 0) is 68.7 Å². The fourth-order valence-corrected chi connectivity index (χ4v) is 4.73. The minimum Gasteiger partial charge on any atom is -0.362 e. The first-order valence-corrected chi connectivity index (χ1v) is 11.4. The summed E-state index contributed by atoms with van der Waals surface area (Å²) in [6, 6.07) is 8.03. The number of benzene rings is 2. The van der Waals surface area contributed by atoms with Gasteiger partial charge in [-0.2, -0.15) is 0 Å². The van der Waals surface area contributed by atoms with Crippen molar-refractivity contribution in [3.63, 3.8) is 0 Å². The lowest BCUT2D eigenvalue weighted by Gasteiger charge is -2.43. The summed E-state index contributed by atoms with van der Waals surface area (Å²) < 4.78 is 14.3. The number of fused-ring (bicyclic) bond motifs is 1. The Kier molecular flexibility index (Phi) is 6.08. The molecule has 0 unspecified atom stereocenters. The third-order valence-corrected chi connectivity index (χ3v) is 6.37. The molecule has 0 aromatic heterocycles. The Morgan fingerprint density at radius 1 is 1.12 bits per heavy atom. The van der Waals surface area contributed by atoms with Gasteiger partial charge in [0.2, 0.25) is 0 Å². The number of barbiturate groups is 1. The second kappa shape index (κ2) is 8.72. The van der Waals surface area contributed by atoms with Crippen LogP contribution in [0, 0.1) is 5.82 Å². The fraction of sp³-hybridized carbons (Fsp3) is 0.269. The zero-order valence-electron chi connectivity index (χ0n) is 19.4. The smallest absolute Gasteiger partial charge is 0.336 e. The largest absolute Gasteiger partial charge is 0.362 e. The molecule has 0 bridgehead atoms. The average molecular weight is 482 g/mol. The average Bonchev–Trinajstić information content (AvgIpc) is 2.75. The Bertz CT molecular complexity index is 1280. The van der Waals surface area contributed by atoms with Gasteiger partial charge < -0.3 is 4.90 Å². The summed E-state index contributed by atoms with van der Waals surface area (Å²) in [4.78, 5) is 41.0. The van der Waals surface area contributed by atoms with E-state index in [1.54, 1.807) is 0 Å². The maximum atomic E-state index is 14.3. The Hall–Kier alpha value is -3.45. The van der Waals surface area contributed by atoms with Crippen LogP contribution >= 0.6 is 11.6 Å². The van der Waals surface area contributed by atoms with E-state index in [1.165, 1.54) is 24.3 Å². The molecular weight excluding hydrogens is 457 g/mol. The number of nitrogens with zero attached hydrogens (tertiary/aromatic N) is 2. The lowest BCUT2D eigenvalue weighted by molar-refractivity contribution is -0.122. The van der Waals surface area contributed by atoms with Gasteiger partial charge in [-0.25, -0.2) is 14.1 Å². The molecule has 0 atom stereocenters. The lowest BCUT2D eigenvalue weighted by Crippen LogP contribution is -2.54. The summed E-state index contributed by atoms with van der Waals surface area (Å²) >= 11 is 6.62. The molecule has 34 heavy (non-hydrogen) atoms. The van der Waals surface area contributed by atoms with E-state index in [-0.39, 0.29) is 16.8 Å². The van der Waals surface area contributed by atoms with Crippen LogP contribution in [0.3, 0.4) is 0 Å². The van der Waals surface area contributed by atoms with Crippen molar-refractivity contribution in [1.29, 1.82) is 0 Å². The van der Waals surface area contributed by atoms with E-state index in [1.807, 2.05) is 19.1 Å². The summed E-state index contributed by atoms with van der Waals surface area (Å²) in [7, 11) is 0. The predicted octanol–water partition coefficient (Wildman–Crippen LogP) is 5.56. The number of carbonyl (C=O) groups excluding carboxylic acids is 3. The van der Waals surface area contributed by atoms with E-state index in [0.29, 0.717) is 15.5 Å². The molecule has 2 heterocycles. The molecule has 4 amide bonds. The molecule has 1 fully saturated rings. The molecule has 0 spiro atoms. The van der Waals surface area contributed by atoms with Gasteiger partial charge in [0.15, 0.2) is 0 Å². The molecule has 2 aromatic rings. The van der Waals surface area contributed by atoms with E-state index >= 15 is 0 Å². The second-order valence-corrected chi connectivity index (χ2v) is 9.34. The summed E-state index contributed by atoms with van der Waals surface area (Å²) in [6.45, 7) is 9.22. The number of anilines is 2. The van der Waals surface area contributed by atoms with Crippen molar-refractivity contribution in [3.05, 3.63) is 70.0 Å². The SMILES string of the molecule is CCCN1c2cc(Cl)c(/C=C3/C(=O)NC(=O)N(c4ccccc4F)C3=O)cc2C(C)=CC1(C)C. The number of hydrogen-bond donors (Lipinski definition) is 1. The first-order valence-electron chi connectivity index (χ1n) is 11.0. The Morgan fingerprint density at radius 2 is 1.82 bits per heavy atom. The lowest BCUT2D eigenvalue weighted by atomic mass is 9.87. The van der Waals surface area contributed by atoms with E-state index in [0.717, 1.165) is 35.9 Å². The molecule has 2 aliphatic heterocycles. The summed E-state index contributed by atoms with van der Waals surface area (Å²) in [5.74, 6) is -2.54. The van der Waals surface area contributed by atoms with Crippen molar-refractivity contribution in [2.75, 3.05) is 16.3 Å². The molecule has 0 aliphatic carbocycles. The van der Waals surface area contributed by atoms with Crippen LogP contribution < -0.4 is 15.1 Å². The van der Waals surface area contributed by atoms with Gasteiger partial charge in [-0.3, -0.25) is 14.9 Å². The fourth-order valence-electron chi connectivity index (χ4n) is 4.52. The highest BCUT2D eigenvalue weighted by Crippen LogP contribution is 2.42. The predicted molar refractivity (Wildman–Crippen MR) is 132 cm³/mol. The van der Waals surface area contributed by atoms with Gasteiger partial charge >= 0.3 is 6.03 Å². The third-order valence-electron chi connectivity index (χ3n) is 6.04. The maximum Gasteiger partial charge on any atom is 0.336 e. The Balaban J connectivity index is 1.80. The minimum absolute atomic E-state index is 0.198. The van der Waals surface area contributed by atoms with E-state index in [2.05, 4.69) is 37.1 Å². The van der Waals surface area contributed by atoms with Crippen molar-refractivity contribution in [2.45, 2.75) is 39.7 Å². The molecule has 1 N–H and O–H groups in total. The molecule has 0 radical (unpaired) electrons. The van der Waals surface area contributed by atoms with E-state index in [4.69, 9.17) is 11.6 Å². The van der Waals surface area contributed by atoms with Crippen LogP contribution in [0.4, 0.5) is 20.6 Å². The third kappa shape index (κ3) is 4.01. The standard InChI is InChI=1S/C26H25ClFN3O3/c1-5-10-30-22-13-19(27)16(11-17(22)15(2)14-26(30,3)4)12-18-23(32)29-25(34)31(24(18)33)21-9-7-6-8-20(21)28/h6-9,11-14H,5,10H2,1-4H3,(H,29,32,34)/b18-12-. The highest BCUT2D eigenvalue weighted by molar-refractivity contribution is 6.40. The zero-order valence-corrected chi connectivity index (χ0v) is 20.2. The van der Waals surface area contributed by atoms with Crippen LogP contribution in [0.2, 0.25) is 5.02 Å². The number of amides is 4. The number of allylic oxidation sites excluding steroid dienone is 1. The number of urea groups is 1. The number of para-hydroxylation sites is 1. The Labute approximate surface area is 202 Å². The van der Waals surface area contributed by atoms with Crippen LogP contribution in [-0.2, 0) is 9.59 Å². The summed E-state index contributed by atoms with van der Waals surface area (Å²) in [5.41, 5.74) is 2.66. The highest BCUT2D eigenvalue weighted by atomic mass is 35.5. The molecule has 8 heteroatoms. The summed E-state index contributed by atoms with van der Waals surface area (Å²) in [6.07, 6.45) is 4.47. The second-order valence-electron chi connectivity index (χ2n) is 8.93. The molecular formula is C26H25ClFN3O3. The topological polar surface area (TPSA) is 69.7 Å². The monoisotopic (exact) mass is 481 g/mol. The van der Waals surface area contributed by atoms with Gasteiger partial charge in [0.1, 0.15) is 11.4 Å². The van der Waals surface area contributed by atoms with Crippen molar-refractivity contribution in [1.82, 2.24) is 5.32 Å². The molecule has 6 nitrogen and oxygen atoms in total. The van der Waals surface area contributed by atoms with Crippen LogP contribution in [0.25, 0.3) is 11.6 Å². The van der Waals surface area contributed by atoms with Crippen LogP contribution in [-0.4, -0.2) is 29.9 Å². The van der Waals surface area contributed by atoms with Crippen LogP contribution in [0.15, 0.2) is 48.0 Å². The van der Waals surface area contributed by atoms with Gasteiger partial charge in [0, 0.05) is 22.8 Å². The van der Waals surface area contributed by atoms with Crippen LogP contribution in [0.1, 0.15) is 45.2 Å². The van der Waals surface area contributed by atoms with Crippen molar-refractivity contribution in [3.8, 4) is 0 Å². The molecule has 4 rings (SSSR count). The highest BCUT2D eigenvalue weighted by Gasteiger charge is 2.38. The molecule has 2 aromatic carbocycles. The Morgan fingerprint density at radius 3 is 2.50 bits per heavy atom. The number of imide groups is 2. The maximum absolute atomic E-state index is 14.3. The number of nitrogens with one attached hydrogen (secondary N) is 1. The number of rotatable bonds is 4. The first-order chi connectivity index (χ1) is 16.0. The van der Waals surface area contributed by atoms with Gasteiger partial charge in [0.25, 0.3) is 11.8 Å². The van der Waals surface area contributed by atoms with Crippen LogP contribution in [0.5, 0.6) is 0 Å². The zero-order chi connectivity index (χ0) is 24.8.